The van der Waals surface area contributed by atoms with Gasteiger partial charge in [-0.1, -0.05) is 17.7 Å². The van der Waals surface area contributed by atoms with Crippen LogP contribution in [0, 0.1) is 11.3 Å². The van der Waals surface area contributed by atoms with Crippen LogP contribution >= 0.6 is 22.9 Å². The Bertz CT molecular complexity index is 620. The zero-order valence-corrected chi connectivity index (χ0v) is 10.6. The molecule has 0 aliphatic heterocycles. The number of pyridine rings is 1. The lowest BCUT2D eigenvalue weighted by Gasteiger charge is -1.97. The van der Waals surface area contributed by atoms with Gasteiger partial charge in [0.25, 0.3) is 0 Å². The summed E-state index contributed by atoms with van der Waals surface area (Å²) in [5.41, 5.74) is 1.27. The lowest BCUT2D eigenvalue weighted by Crippen LogP contribution is -2.09. The highest BCUT2D eigenvalue weighted by Crippen LogP contribution is 2.24. The van der Waals surface area contributed by atoms with Crippen LogP contribution in [0.3, 0.4) is 0 Å². The summed E-state index contributed by atoms with van der Waals surface area (Å²) in [7, 11) is 0. The molecule has 0 spiro atoms. The Labute approximate surface area is 112 Å². The molecule has 0 unspecified atom stereocenters. The van der Waals surface area contributed by atoms with Crippen molar-refractivity contribution in [3.8, 4) is 17.5 Å². The van der Waals surface area contributed by atoms with Crippen molar-refractivity contribution in [1.82, 2.24) is 9.97 Å². The van der Waals surface area contributed by atoms with Gasteiger partial charge in [0.2, 0.25) is 5.91 Å². The van der Waals surface area contributed by atoms with E-state index < -0.39 is 0 Å². The number of anilines is 1. The molecule has 2 rings (SSSR count). The van der Waals surface area contributed by atoms with Crippen molar-refractivity contribution in [3.63, 3.8) is 0 Å². The lowest BCUT2D eigenvalue weighted by molar-refractivity contribution is -0.115. The smallest absolute Gasteiger partial charge is 0.240 e. The summed E-state index contributed by atoms with van der Waals surface area (Å²) in [6.07, 6.45) is -0.190. The second-order valence-corrected chi connectivity index (χ2v) is 4.51. The molecule has 18 heavy (non-hydrogen) atoms. The number of hydrogen-bond acceptors (Lipinski definition) is 5. The number of nitrogens with zero attached hydrogens (tertiary/aromatic N) is 3. The molecule has 0 aliphatic carbocycles. The second-order valence-electron chi connectivity index (χ2n) is 3.27. The topological polar surface area (TPSA) is 78.7 Å². The zero-order valence-electron chi connectivity index (χ0n) is 9.05. The fourth-order valence-corrected chi connectivity index (χ4v) is 2.12. The van der Waals surface area contributed by atoms with Gasteiger partial charge >= 0.3 is 0 Å². The molecule has 1 amide bonds. The van der Waals surface area contributed by atoms with Gasteiger partial charge < -0.3 is 5.32 Å². The van der Waals surface area contributed by atoms with Crippen LogP contribution in [0.2, 0.25) is 5.15 Å². The van der Waals surface area contributed by atoms with Gasteiger partial charge in [0.1, 0.15) is 17.3 Å². The Morgan fingerprint density at radius 2 is 2.28 bits per heavy atom. The second kappa shape index (κ2) is 5.58. The molecule has 0 bridgehead atoms. The molecule has 0 saturated heterocycles. The van der Waals surface area contributed by atoms with Gasteiger partial charge in [-0.05, 0) is 12.1 Å². The van der Waals surface area contributed by atoms with Crippen LogP contribution in [0.25, 0.3) is 11.4 Å². The Morgan fingerprint density at radius 1 is 1.44 bits per heavy atom. The van der Waals surface area contributed by atoms with Crippen LogP contribution in [-0.2, 0) is 4.79 Å². The van der Waals surface area contributed by atoms with Gasteiger partial charge in [0.05, 0.1) is 11.8 Å². The van der Waals surface area contributed by atoms with E-state index in [1.165, 1.54) is 11.3 Å². The van der Waals surface area contributed by atoms with Crippen molar-refractivity contribution in [3.05, 3.63) is 28.7 Å². The van der Waals surface area contributed by atoms with Crippen LogP contribution in [0.1, 0.15) is 6.42 Å². The van der Waals surface area contributed by atoms with Crippen molar-refractivity contribution in [1.29, 1.82) is 5.26 Å². The van der Waals surface area contributed by atoms with Gasteiger partial charge in [-0.3, -0.25) is 4.79 Å². The molecule has 0 aliphatic rings. The van der Waals surface area contributed by atoms with Gasteiger partial charge in [0, 0.05) is 5.38 Å². The molecule has 0 saturated carbocycles. The predicted molar refractivity (Wildman–Crippen MR) is 69.2 cm³/mol. The summed E-state index contributed by atoms with van der Waals surface area (Å²) < 4.78 is 0. The minimum atomic E-state index is -0.377. The highest BCUT2D eigenvalue weighted by Gasteiger charge is 2.08. The van der Waals surface area contributed by atoms with E-state index in [2.05, 4.69) is 15.3 Å². The van der Waals surface area contributed by atoms with Gasteiger partial charge in [-0.25, -0.2) is 9.97 Å². The Hall–Kier alpha value is -1.97. The zero-order chi connectivity index (χ0) is 13.0. The minimum absolute atomic E-state index is 0.190. The van der Waals surface area contributed by atoms with Gasteiger partial charge in [0.15, 0.2) is 5.13 Å². The van der Waals surface area contributed by atoms with Crippen molar-refractivity contribution >= 4 is 34.0 Å². The summed E-state index contributed by atoms with van der Waals surface area (Å²) in [5.74, 6) is -0.377. The minimum Gasteiger partial charge on any atom is -0.301 e. The third-order valence-corrected chi connectivity index (χ3v) is 2.94. The molecule has 1 N–H and O–H groups in total. The maximum atomic E-state index is 11.2. The summed E-state index contributed by atoms with van der Waals surface area (Å²) in [5, 5.41) is 13.5. The highest BCUT2D eigenvalue weighted by molar-refractivity contribution is 7.14. The molecule has 2 aromatic rings. The molecule has 7 heteroatoms. The van der Waals surface area contributed by atoms with E-state index in [1.54, 1.807) is 29.6 Å². The van der Waals surface area contributed by atoms with E-state index in [0.29, 0.717) is 21.7 Å². The number of carbonyl (C=O) groups excluding carboxylic acids is 1. The first-order chi connectivity index (χ1) is 8.69. The molecule has 5 nitrogen and oxygen atoms in total. The maximum absolute atomic E-state index is 11.2. The summed E-state index contributed by atoms with van der Waals surface area (Å²) in [6, 6.07) is 7.00. The number of aromatic nitrogens is 2. The first kappa shape index (κ1) is 12.5. The number of nitriles is 1. The SMILES string of the molecule is N#CCC(=O)Nc1nc(-c2cccc(Cl)n2)cs1. The molecular weight excluding hydrogens is 272 g/mol. The van der Waals surface area contributed by atoms with Crippen molar-refractivity contribution in [2.75, 3.05) is 5.32 Å². The maximum Gasteiger partial charge on any atom is 0.240 e. The van der Waals surface area contributed by atoms with Crippen molar-refractivity contribution in [2.24, 2.45) is 0 Å². The van der Waals surface area contributed by atoms with Crippen molar-refractivity contribution < 1.29 is 4.79 Å². The van der Waals surface area contributed by atoms with E-state index in [-0.39, 0.29) is 12.3 Å². The van der Waals surface area contributed by atoms with Crippen LogP contribution in [0.15, 0.2) is 23.6 Å². The Balaban J connectivity index is 2.16. The molecule has 0 aromatic carbocycles. The van der Waals surface area contributed by atoms with E-state index in [9.17, 15) is 4.79 Å². The van der Waals surface area contributed by atoms with E-state index >= 15 is 0 Å². The summed E-state index contributed by atoms with van der Waals surface area (Å²) >= 11 is 7.05. The third-order valence-electron chi connectivity index (χ3n) is 1.97. The van der Waals surface area contributed by atoms with Crippen LogP contribution in [0.4, 0.5) is 5.13 Å². The van der Waals surface area contributed by atoms with E-state index in [4.69, 9.17) is 16.9 Å². The average Bonchev–Trinajstić information content (AvgIpc) is 2.78. The normalized spacial score (nSPS) is 9.78. The number of rotatable bonds is 3. The number of carbonyl (C=O) groups is 1. The molecular formula is C11H7ClN4OS. The van der Waals surface area contributed by atoms with Crippen LogP contribution in [-0.4, -0.2) is 15.9 Å². The first-order valence-corrected chi connectivity index (χ1v) is 6.20. The number of halogens is 1. The number of hydrogen-bond donors (Lipinski definition) is 1. The Kier molecular flexibility index (Phi) is 3.87. The molecule has 2 heterocycles. The standard InChI is InChI=1S/C11H7ClN4OS/c12-9-3-1-2-7(14-9)8-6-18-11(15-8)16-10(17)4-5-13/h1-3,6H,4H2,(H,15,16,17). The van der Waals surface area contributed by atoms with Crippen LogP contribution < -0.4 is 5.32 Å². The largest absolute Gasteiger partial charge is 0.301 e. The fraction of sp³-hybridized carbons (Fsp3) is 0.0909. The Morgan fingerprint density at radius 3 is 3.00 bits per heavy atom. The van der Waals surface area contributed by atoms with Gasteiger partial charge in [-0.2, -0.15) is 5.26 Å². The van der Waals surface area contributed by atoms with E-state index in [1.807, 2.05) is 0 Å². The molecule has 2 aromatic heterocycles. The van der Waals surface area contributed by atoms with Crippen LogP contribution in [0.5, 0.6) is 0 Å². The summed E-state index contributed by atoms with van der Waals surface area (Å²) in [4.78, 5) is 19.5. The molecule has 0 radical (unpaired) electrons. The third kappa shape index (κ3) is 3.03. The first-order valence-electron chi connectivity index (χ1n) is 4.94. The molecule has 90 valence electrons. The number of nitrogens with one attached hydrogen (secondary N) is 1. The lowest BCUT2D eigenvalue weighted by atomic mass is 10.3. The quantitative estimate of drug-likeness (QED) is 0.876. The van der Waals surface area contributed by atoms with E-state index in [0.717, 1.165) is 0 Å². The number of amides is 1. The molecule has 0 atom stereocenters. The number of thiazole rings is 1. The monoisotopic (exact) mass is 278 g/mol. The van der Waals surface area contributed by atoms with Gasteiger partial charge in [-0.15, -0.1) is 11.3 Å². The fourth-order valence-electron chi connectivity index (χ4n) is 1.23. The average molecular weight is 279 g/mol. The molecule has 0 fully saturated rings. The van der Waals surface area contributed by atoms with Crippen molar-refractivity contribution in [2.45, 2.75) is 6.42 Å². The highest BCUT2D eigenvalue weighted by atomic mass is 35.5. The predicted octanol–water partition coefficient (Wildman–Crippen LogP) is 2.71. The summed E-state index contributed by atoms with van der Waals surface area (Å²) in [6.45, 7) is 0.